The first-order valence-electron chi connectivity index (χ1n) is 14.4. The monoisotopic (exact) mass is 631 g/mol. The van der Waals surface area contributed by atoms with Crippen molar-refractivity contribution in [3.05, 3.63) is 93.7 Å². The second-order valence-electron chi connectivity index (χ2n) is 10.5. The van der Waals surface area contributed by atoms with Crippen LogP contribution in [0.25, 0.3) is 16.7 Å². The van der Waals surface area contributed by atoms with Crippen molar-refractivity contribution in [3.63, 3.8) is 0 Å². The van der Waals surface area contributed by atoms with Gasteiger partial charge in [0, 0.05) is 49.3 Å². The minimum Gasteiger partial charge on any atom is -0.491 e. The highest BCUT2D eigenvalue weighted by atomic mass is 19.1. The molecule has 0 bridgehead atoms. The van der Waals surface area contributed by atoms with Gasteiger partial charge in [-0.1, -0.05) is 0 Å². The third-order valence-electron chi connectivity index (χ3n) is 7.43. The van der Waals surface area contributed by atoms with Crippen molar-refractivity contribution in [2.75, 3.05) is 26.1 Å². The topological polar surface area (TPSA) is 127 Å². The number of aryl methyl sites for hydroxylation is 1. The van der Waals surface area contributed by atoms with E-state index in [-0.39, 0.29) is 35.7 Å². The Labute approximate surface area is 263 Å². The molecule has 0 saturated heterocycles. The number of anilines is 1. The van der Waals surface area contributed by atoms with E-state index in [9.17, 15) is 9.59 Å². The molecule has 11 nitrogen and oxygen atoms in total. The van der Waals surface area contributed by atoms with Crippen LogP contribution in [0, 0.1) is 18.6 Å². The number of rotatable bonds is 10. The number of methoxy groups -OCH3 is 2. The number of pyridine rings is 4. The SMILES string of the molecule is CCOc1cc(C)c(-n2c(C3CC3)ccc(C(=O)Nc3cc(F)c(Oc4ccnc5cc(OC)c(OC)nc45)c(F)c3)c2=O)cn1.[HH]. The third-order valence-corrected chi connectivity index (χ3v) is 7.43. The lowest BCUT2D eigenvalue weighted by atomic mass is 10.1. The zero-order chi connectivity index (χ0) is 32.5. The number of carbonyl (C=O) groups is 1. The fourth-order valence-electron chi connectivity index (χ4n) is 5.08. The second-order valence-corrected chi connectivity index (χ2v) is 10.5. The first-order valence-corrected chi connectivity index (χ1v) is 14.4. The highest BCUT2D eigenvalue weighted by Crippen LogP contribution is 2.41. The van der Waals surface area contributed by atoms with E-state index < -0.39 is 28.9 Å². The molecule has 1 aliphatic carbocycles. The largest absolute Gasteiger partial charge is 0.491 e. The van der Waals surface area contributed by atoms with Crippen LogP contribution in [0.3, 0.4) is 0 Å². The number of hydrogen-bond acceptors (Lipinski definition) is 9. The summed E-state index contributed by atoms with van der Waals surface area (Å²) in [7, 11) is 2.84. The van der Waals surface area contributed by atoms with Gasteiger partial charge >= 0.3 is 0 Å². The summed E-state index contributed by atoms with van der Waals surface area (Å²) in [6.07, 6.45) is 4.75. The van der Waals surface area contributed by atoms with Crippen LogP contribution >= 0.6 is 0 Å². The van der Waals surface area contributed by atoms with Crippen LogP contribution in [0.5, 0.6) is 29.0 Å². The molecule has 13 heteroatoms. The van der Waals surface area contributed by atoms with Gasteiger partial charge in [-0.2, -0.15) is 0 Å². The summed E-state index contributed by atoms with van der Waals surface area (Å²) in [4.78, 5) is 39.9. The third kappa shape index (κ3) is 5.78. The number of ether oxygens (including phenoxy) is 4. The Morgan fingerprint density at radius 2 is 1.80 bits per heavy atom. The first-order chi connectivity index (χ1) is 22.2. The zero-order valence-corrected chi connectivity index (χ0v) is 25.4. The van der Waals surface area contributed by atoms with Gasteiger partial charge in [0.15, 0.2) is 28.9 Å². The van der Waals surface area contributed by atoms with Crippen LogP contribution in [0.15, 0.2) is 59.7 Å². The van der Waals surface area contributed by atoms with Gasteiger partial charge in [0.05, 0.1) is 38.2 Å². The van der Waals surface area contributed by atoms with Crippen LogP contribution < -0.4 is 29.8 Å². The molecule has 0 radical (unpaired) electrons. The van der Waals surface area contributed by atoms with E-state index in [0.717, 1.165) is 36.2 Å². The molecule has 46 heavy (non-hydrogen) atoms. The molecular formula is C33H31F2N5O6. The average molecular weight is 632 g/mol. The van der Waals surface area contributed by atoms with E-state index in [1.165, 1.54) is 43.3 Å². The molecule has 4 aromatic heterocycles. The average Bonchev–Trinajstić information content (AvgIpc) is 3.88. The van der Waals surface area contributed by atoms with Gasteiger partial charge in [-0.05, 0) is 50.3 Å². The fourth-order valence-corrected chi connectivity index (χ4v) is 5.08. The maximum absolute atomic E-state index is 15.3. The number of nitrogens with zero attached hydrogens (tertiary/aromatic N) is 4. The Morgan fingerprint density at radius 1 is 1.04 bits per heavy atom. The molecule has 1 amide bonds. The van der Waals surface area contributed by atoms with Crippen molar-refractivity contribution in [1.29, 1.82) is 0 Å². The number of nitrogens with one attached hydrogen (secondary N) is 1. The van der Waals surface area contributed by atoms with Crippen molar-refractivity contribution in [2.24, 2.45) is 0 Å². The van der Waals surface area contributed by atoms with E-state index in [0.29, 0.717) is 29.4 Å². The van der Waals surface area contributed by atoms with Crippen molar-refractivity contribution < 1.29 is 33.9 Å². The lowest BCUT2D eigenvalue weighted by Crippen LogP contribution is -2.30. The molecule has 0 aliphatic heterocycles. The summed E-state index contributed by atoms with van der Waals surface area (Å²) in [6, 6.07) is 9.62. The van der Waals surface area contributed by atoms with E-state index in [4.69, 9.17) is 18.9 Å². The smallest absolute Gasteiger partial charge is 0.268 e. The maximum Gasteiger partial charge on any atom is 0.268 e. The van der Waals surface area contributed by atoms with Crippen LogP contribution in [0.1, 0.15) is 48.7 Å². The van der Waals surface area contributed by atoms with Gasteiger partial charge in [0.2, 0.25) is 5.88 Å². The molecule has 1 aromatic carbocycles. The van der Waals surface area contributed by atoms with Crippen LogP contribution in [0.2, 0.25) is 0 Å². The highest BCUT2D eigenvalue weighted by molar-refractivity contribution is 6.04. The maximum atomic E-state index is 15.3. The standard InChI is InChI=1S/C33H29F2N5O6.H2/c1-5-45-28-12-17(2)25(16-37-28)40-24(18-6-7-18)9-8-20(33(40)42)31(41)38-19-13-21(34)30(22(35)14-19)46-26-10-11-36-23-15-27(43-3)32(44-4)39-29(23)26;/h8-16,18H,5-7H2,1-4H3,(H,38,41);1H. The molecule has 238 valence electrons. The summed E-state index contributed by atoms with van der Waals surface area (Å²) < 4.78 is 53.6. The van der Waals surface area contributed by atoms with Crippen molar-refractivity contribution >= 4 is 22.6 Å². The Kier molecular flexibility index (Phi) is 8.22. The predicted octanol–water partition coefficient (Wildman–Crippen LogP) is 6.35. The molecular weight excluding hydrogens is 600 g/mol. The Hall–Kier alpha value is -5.59. The van der Waals surface area contributed by atoms with E-state index in [1.54, 1.807) is 18.2 Å². The Morgan fingerprint density at radius 3 is 2.46 bits per heavy atom. The molecule has 6 rings (SSSR count). The van der Waals surface area contributed by atoms with Gasteiger partial charge in [-0.15, -0.1) is 0 Å². The predicted molar refractivity (Wildman–Crippen MR) is 167 cm³/mol. The Bertz CT molecular complexity index is 2030. The van der Waals surface area contributed by atoms with Gasteiger partial charge in [-0.3, -0.25) is 19.1 Å². The molecule has 1 saturated carbocycles. The molecule has 0 unspecified atom stereocenters. The van der Waals surface area contributed by atoms with Gasteiger partial charge < -0.3 is 24.3 Å². The summed E-state index contributed by atoms with van der Waals surface area (Å²) in [5, 5.41) is 2.44. The summed E-state index contributed by atoms with van der Waals surface area (Å²) in [6.45, 7) is 4.10. The highest BCUT2D eigenvalue weighted by Gasteiger charge is 2.30. The van der Waals surface area contributed by atoms with Crippen LogP contribution in [-0.2, 0) is 0 Å². The lowest BCUT2D eigenvalue weighted by molar-refractivity contribution is 0.102. The number of aromatic nitrogens is 4. The summed E-state index contributed by atoms with van der Waals surface area (Å²) in [5.41, 5.74) is 1.51. The summed E-state index contributed by atoms with van der Waals surface area (Å²) in [5.74, 6) is -2.71. The molecule has 1 N–H and O–H groups in total. The zero-order valence-electron chi connectivity index (χ0n) is 25.4. The normalized spacial score (nSPS) is 12.6. The summed E-state index contributed by atoms with van der Waals surface area (Å²) >= 11 is 0. The Balaban J connectivity index is 0.00000433. The first kappa shape index (κ1) is 30.4. The number of fused-ring (bicyclic) bond motifs is 1. The molecule has 0 spiro atoms. The number of amides is 1. The van der Waals surface area contributed by atoms with Crippen molar-refractivity contribution in [1.82, 2.24) is 19.5 Å². The van der Waals surface area contributed by atoms with Gasteiger partial charge in [0.1, 0.15) is 11.1 Å². The number of benzene rings is 1. The van der Waals surface area contributed by atoms with Gasteiger partial charge in [-0.25, -0.2) is 18.7 Å². The molecule has 4 heterocycles. The minimum atomic E-state index is -1.10. The number of carbonyl (C=O) groups excluding carboxylic acids is 1. The van der Waals surface area contributed by atoms with Crippen molar-refractivity contribution in [2.45, 2.75) is 32.6 Å². The molecule has 0 atom stereocenters. The van der Waals surface area contributed by atoms with Crippen molar-refractivity contribution in [3.8, 4) is 34.7 Å². The number of hydrogen-bond donors (Lipinski definition) is 1. The number of halogens is 2. The second kappa shape index (κ2) is 12.4. The van der Waals surface area contributed by atoms with E-state index in [2.05, 4.69) is 20.3 Å². The van der Waals surface area contributed by atoms with Crippen LogP contribution in [0.4, 0.5) is 14.5 Å². The lowest BCUT2D eigenvalue weighted by Gasteiger charge is -2.17. The van der Waals surface area contributed by atoms with E-state index in [1.807, 2.05) is 13.8 Å². The minimum absolute atomic E-state index is 0. The molecule has 1 fully saturated rings. The molecule has 1 aliphatic rings. The fraction of sp³-hybridized carbons (Fsp3) is 0.242. The quantitative estimate of drug-likeness (QED) is 0.188. The van der Waals surface area contributed by atoms with Gasteiger partial charge in [0.25, 0.3) is 17.3 Å². The molecule has 5 aromatic rings. The van der Waals surface area contributed by atoms with Crippen LogP contribution in [-0.4, -0.2) is 46.3 Å². The van der Waals surface area contributed by atoms with E-state index >= 15 is 8.78 Å².